The summed E-state index contributed by atoms with van der Waals surface area (Å²) < 4.78 is 0. The molecular formula is C92H171N11. The van der Waals surface area contributed by atoms with Gasteiger partial charge in [-0.05, 0) is 113 Å². The van der Waals surface area contributed by atoms with E-state index >= 15 is 0 Å². The Morgan fingerprint density at radius 1 is 0.272 bits per heavy atom. The fraction of sp³-hybridized carbons (Fsp3) is 0.543. The second-order valence-corrected chi connectivity index (χ2v) is 22.5. The van der Waals surface area contributed by atoms with Crippen LogP contribution in [-0.4, -0.2) is 56.4 Å². The Hall–Kier alpha value is -7.66. The van der Waals surface area contributed by atoms with Gasteiger partial charge in [0.1, 0.15) is 0 Å². The van der Waals surface area contributed by atoms with Gasteiger partial charge in [-0.25, -0.2) is 15.0 Å². The molecule has 0 unspecified atom stereocenters. The lowest BCUT2D eigenvalue weighted by Gasteiger charge is -1.94. The van der Waals surface area contributed by atoms with Crippen molar-refractivity contribution in [3.8, 4) is 0 Å². The van der Waals surface area contributed by atoms with E-state index in [1.54, 1.807) is 43.6 Å². The zero-order chi connectivity index (χ0) is 82.8. The van der Waals surface area contributed by atoms with Gasteiger partial charge in [-0.2, -0.15) is 0 Å². The number of hydrogen-bond donors (Lipinski definition) is 5. The number of imidazole rings is 2. The largest absolute Gasteiger partial charge is 0.384 e. The number of pyridine rings is 4. The number of para-hydroxylation sites is 1. The van der Waals surface area contributed by atoms with Crippen molar-refractivity contribution in [1.29, 1.82) is 0 Å². The quantitative estimate of drug-likeness (QED) is 0.101. The molecule has 0 bridgehead atoms. The van der Waals surface area contributed by atoms with Crippen LogP contribution in [0, 0.1) is 35.5 Å². The predicted octanol–water partition coefficient (Wildman–Crippen LogP) is 31.8. The third-order valence-electron chi connectivity index (χ3n) is 8.47. The number of H-pyrrole nitrogens is 4. The van der Waals surface area contributed by atoms with Crippen LogP contribution < -0.4 is 5.32 Å². The fourth-order valence-electron chi connectivity index (χ4n) is 5.71. The van der Waals surface area contributed by atoms with Crippen molar-refractivity contribution in [3.63, 3.8) is 0 Å². The molecule has 5 N–H and O–H groups in total. The minimum atomic E-state index is 0.775. The van der Waals surface area contributed by atoms with Crippen LogP contribution >= 0.6 is 0 Å². The lowest BCUT2D eigenvalue weighted by molar-refractivity contribution is 0.736. The van der Waals surface area contributed by atoms with E-state index in [2.05, 4.69) is 253 Å². The lowest BCUT2D eigenvalue weighted by atomic mass is 10.1. The van der Waals surface area contributed by atoms with Gasteiger partial charge in [-0.3, -0.25) is 15.0 Å². The number of anilines is 1. The van der Waals surface area contributed by atoms with E-state index in [0.29, 0.717) is 0 Å². The highest BCUT2D eigenvalue weighted by Gasteiger charge is 2.06. The van der Waals surface area contributed by atoms with Gasteiger partial charge in [-0.1, -0.05) is 358 Å². The molecule has 0 saturated carbocycles. The van der Waals surface area contributed by atoms with Gasteiger partial charge in [0.25, 0.3) is 0 Å². The first kappa shape index (κ1) is 122. The van der Waals surface area contributed by atoms with Crippen molar-refractivity contribution in [1.82, 2.24) is 49.8 Å². The van der Waals surface area contributed by atoms with Crippen LogP contribution in [0.2, 0.25) is 0 Å². The van der Waals surface area contributed by atoms with Crippen LogP contribution in [0.1, 0.15) is 296 Å². The number of fused-ring (bicyclic) bond motifs is 6. The highest BCUT2D eigenvalue weighted by atomic mass is 14.9. The Labute approximate surface area is 640 Å². The minimum Gasteiger partial charge on any atom is -0.384 e. The number of aromatic amines is 4. The van der Waals surface area contributed by atoms with Gasteiger partial charge in [0, 0.05) is 66.5 Å². The third kappa shape index (κ3) is 88.5. The van der Waals surface area contributed by atoms with E-state index in [9.17, 15) is 0 Å². The maximum Gasteiger partial charge on any atom is 0.177 e. The second kappa shape index (κ2) is 103. The molecule has 0 saturated heterocycles. The number of aromatic nitrogens is 10. The monoisotopic (exact) mass is 1430 g/mol. The zero-order valence-electron chi connectivity index (χ0n) is 75.4. The number of hydrogen-bond acceptors (Lipinski definition) is 7. The maximum absolute atomic E-state index is 4.11. The summed E-state index contributed by atoms with van der Waals surface area (Å²) in [5.41, 5.74) is 9.74. The van der Waals surface area contributed by atoms with Crippen molar-refractivity contribution in [2.75, 3.05) is 11.9 Å². The summed E-state index contributed by atoms with van der Waals surface area (Å²) in [5, 5.41) is 7.08. The average molecular weight is 1430 g/mol. The SMILES string of the molecule is CC.CC.CC.CC.CC.CC.CC.CC.CC.CC.CC.CC.CC(C)C.CC(C)C.CC(C)C.CC(C)C.CC(C)C.CC(C)C.c1cc2[nH]ccc2cn1.c1cc2nc[nH]c2cn1.c1ccc2c(c1)CCN2.c1ccc2ccccc2c1.c1cnc2cc[nH]c2c1.c1cnc2nc[nH]c2c1. The second-order valence-electron chi connectivity index (χ2n) is 22.5. The van der Waals surface area contributed by atoms with Crippen LogP contribution in [0.3, 0.4) is 0 Å². The molecule has 1 aliphatic rings. The van der Waals surface area contributed by atoms with Gasteiger partial charge >= 0.3 is 0 Å². The molecule has 103 heavy (non-hydrogen) atoms. The summed E-state index contributed by atoms with van der Waals surface area (Å²) in [6.45, 7) is 88.1. The fourth-order valence-corrected chi connectivity index (χ4v) is 5.71. The lowest BCUT2D eigenvalue weighted by Crippen LogP contribution is -1.90. The smallest absolute Gasteiger partial charge is 0.177 e. The summed E-state index contributed by atoms with van der Waals surface area (Å²) in [4.78, 5) is 36.0. The molecule has 12 rings (SSSR count). The molecule has 11 nitrogen and oxygen atoms in total. The highest BCUT2D eigenvalue weighted by molar-refractivity contribution is 5.82. The van der Waals surface area contributed by atoms with E-state index in [1.807, 2.05) is 233 Å². The Morgan fingerprint density at radius 3 is 1.03 bits per heavy atom. The normalized spacial score (nSPS) is 8.62. The molecular weight excluding hydrogens is 1260 g/mol. The highest BCUT2D eigenvalue weighted by Crippen LogP contribution is 2.20. The van der Waals surface area contributed by atoms with Crippen molar-refractivity contribution < 1.29 is 0 Å². The Morgan fingerprint density at radius 2 is 0.621 bits per heavy atom. The Balaban J connectivity index is -0.0000000865. The van der Waals surface area contributed by atoms with Crippen LogP contribution in [0.25, 0.3) is 54.9 Å². The van der Waals surface area contributed by atoms with Crippen LogP contribution in [-0.2, 0) is 6.42 Å². The number of nitrogens with zero attached hydrogens (tertiary/aromatic N) is 6. The predicted molar refractivity (Wildman–Crippen MR) is 482 cm³/mol. The molecule has 0 aliphatic carbocycles. The van der Waals surface area contributed by atoms with Gasteiger partial charge in [-0.15, -0.1) is 0 Å². The molecule has 1 aliphatic heterocycles. The summed E-state index contributed by atoms with van der Waals surface area (Å²) in [6.07, 6.45) is 18.9. The topological polar surface area (TPSA) is 153 Å². The summed E-state index contributed by atoms with van der Waals surface area (Å²) in [7, 11) is 0. The number of nitrogens with one attached hydrogen (secondary N) is 5. The maximum atomic E-state index is 4.11. The molecule has 3 aromatic carbocycles. The molecule has 0 fully saturated rings. The van der Waals surface area contributed by atoms with Crippen LogP contribution in [0.4, 0.5) is 5.69 Å². The summed E-state index contributed by atoms with van der Waals surface area (Å²) in [5.74, 6) is 5.00. The minimum absolute atomic E-state index is 0.775. The molecule has 0 spiro atoms. The number of rotatable bonds is 0. The molecule has 0 amide bonds. The molecule has 8 aromatic heterocycles. The van der Waals surface area contributed by atoms with Crippen molar-refractivity contribution >= 4 is 60.6 Å². The summed E-state index contributed by atoms with van der Waals surface area (Å²) >= 11 is 0. The zero-order valence-corrected chi connectivity index (χ0v) is 75.4. The van der Waals surface area contributed by atoms with Crippen molar-refractivity contribution in [2.24, 2.45) is 35.5 Å². The van der Waals surface area contributed by atoms with E-state index in [4.69, 9.17) is 0 Å². The van der Waals surface area contributed by atoms with E-state index < -0.39 is 0 Å². The van der Waals surface area contributed by atoms with Crippen molar-refractivity contribution in [2.45, 2.75) is 297 Å². The van der Waals surface area contributed by atoms with Gasteiger partial charge in [0.15, 0.2) is 5.65 Å². The third-order valence-corrected chi connectivity index (χ3v) is 8.47. The van der Waals surface area contributed by atoms with E-state index in [-0.39, 0.29) is 0 Å². The van der Waals surface area contributed by atoms with E-state index in [0.717, 1.165) is 86.2 Å². The van der Waals surface area contributed by atoms with Gasteiger partial charge in [0.2, 0.25) is 0 Å². The first-order valence-electron chi connectivity index (χ1n) is 40.2. The van der Waals surface area contributed by atoms with E-state index in [1.165, 1.54) is 28.4 Å². The molecule has 11 heteroatoms. The van der Waals surface area contributed by atoms with Crippen LogP contribution in [0.5, 0.6) is 0 Å². The molecule has 594 valence electrons. The van der Waals surface area contributed by atoms with Gasteiger partial charge in [0.05, 0.1) is 46.4 Å². The molecule has 0 atom stereocenters. The first-order valence-corrected chi connectivity index (χ1v) is 40.2. The first-order chi connectivity index (χ1) is 49.7. The Bertz CT molecular complexity index is 2590. The van der Waals surface area contributed by atoms with Gasteiger partial charge < -0.3 is 25.3 Å². The molecule has 0 radical (unpaired) electrons. The van der Waals surface area contributed by atoms with Crippen LogP contribution in [0.15, 0.2) is 184 Å². The standard InChI is InChI=1S/C10H8.C8H9N.2C7H6N2.2C6H5N3.6C4H10.12C2H6/c1-2-6-10-8-4-3-7-9(10)5-1;1-2-4-8-7(3-1)5-6-9-8;1-4-9-7-2-3-8-5-6(1)7;1-2-6-7(8-4-1)3-5-9-6;1-2-7-3-6-5(1)8-4-9-6;1-2-5-6(7-3-1)9-4-8-5;6*1-4(2)3;12*1-2/h1-8H;1-4,9H,5-6H2;2*1-5,9H;1-4H,(H,8,9);1-4H,(H,7,8,9);6*4H,1-3H3;12*1-2H3. The van der Waals surface area contributed by atoms with Crippen molar-refractivity contribution in [3.05, 3.63) is 189 Å². The Kier molecular flexibility index (Phi) is 122. The summed E-state index contributed by atoms with van der Waals surface area (Å²) in [6, 6.07) is 40.7. The average Bonchev–Trinajstić information content (AvgIpc) is 1.40. The molecule has 9 heterocycles. The molecule has 11 aromatic rings. The number of benzene rings is 3.